The first-order valence-corrected chi connectivity index (χ1v) is 12.0. The predicted octanol–water partition coefficient (Wildman–Crippen LogP) is 3.88. The fourth-order valence-electron chi connectivity index (χ4n) is 4.43. The van der Waals surface area contributed by atoms with Crippen molar-refractivity contribution in [2.45, 2.75) is 33.6 Å². The van der Waals surface area contributed by atoms with Crippen molar-refractivity contribution in [2.24, 2.45) is 0 Å². The molecule has 0 bridgehead atoms. The molecular weight excluding hydrogens is 471 g/mol. The molecular formula is C29H25FN4O3. The summed E-state index contributed by atoms with van der Waals surface area (Å²) in [5.41, 5.74) is 3.32. The Morgan fingerprint density at radius 3 is 2.08 bits per heavy atom. The van der Waals surface area contributed by atoms with E-state index >= 15 is 0 Å². The lowest BCUT2D eigenvalue weighted by molar-refractivity contribution is -0.576. The highest BCUT2D eigenvalue weighted by Crippen LogP contribution is 2.39. The summed E-state index contributed by atoms with van der Waals surface area (Å²) >= 11 is 0. The van der Waals surface area contributed by atoms with E-state index in [1.807, 2.05) is 45.0 Å². The van der Waals surface area contributed by atoms with Gasteiger partial charge in [-0.05, 0) is 68.1 Å². The van der Waals surface area contributed by atoms with Crippen LogP contribution >= 0.6 is 0 Å². The third-order valence-corrected chi connectivity index (χ3v) is 6.33. The average Bonchev–Trinajstić information content (AvgIpc) is 3.33. The van der Waals surface area contributed by atoms with Gasteiger partial charge in [0.25, 0.3) is 11.6 Å². The number of aromatic nitrogens is 3. The van der Waals surface area contributed by atoms with E-state index in [9.17, 15) is 19.1 Å². The van der Waals surface area contributed by atoms with Gasteiger partial charge >= 0.3 is 5.91 Å². The van der Waals surface area contributed by atoms with Crippen LogP contribution in [-0.4, -0.2) is 21.6 Å². The van der Waals surface area contributed by atoms with Gasteiger partial charge in [0.1, 0.15) is 11.4 Å². The van der Waals surface area contributed by atoms with Crippen LogP contribution in [0.5, 0.6) is 5.88 Å². The summed E-state index contributed by atoms with van der Waals surface area (Å²) in [6, 6.07) is 16.1. The number of halogens is 1. The second-order valence-corrected chi connectivity index (χ2v) is 9.05. The Bertz CT molecular complexity index is 1540. The standard InChI is InChI=1S/C29H25FN4O3/c1-4-5-23-24(28(36)34(31-23)22-12-8-20(30)9-13-22)25-26(32-16-14-19(3)15-17-32)29(37)33(27(25)35)21-10-6-18(2)7-11-21/h6-17H,4-5H2,1-3H3. The highest BCUT2D eigenvalue weighted by molar-refractivity contribution is 6.53. The molecule has 0 fully saturated rings. The van der Waals surface area contributed by atoms with Gasteiger partial charge in [-0.3, -0.25) is 9.59 Å². The number of carbonyl (C=O) groups excluding carboxylic acids is 2. The SMILES string of the molecule is CCCc1nn(-c2ccc(F)cc2)c([O-])c1C1=C([n+]2ccc(C)cc2)C(=O)N(c2ccc(C)cc2)C1=O. The van der Waals surface area contributed by atoms with Crippen molar-refractivity contribution < 1.29 is 23.7 Å². The van der Waals surface area contributed by atoms with E-state index in [2.05, 4.69) is 5.10 Å². The number of nitrogens with zero attached hydrogens (tertiary/aromatic N) is 4. The van der Waals surface area contributed by atoms with E-state index < -0.39 is 23.5 Å². The first kappa shape index (κ1) is 24.1. The summed E-state index contributed by atoms with van der Waals surface area (Å²) in [4.78, 5) is 28.9. The minimum atomic E-state index is -0.593. The number of pyridine rings is 1. The Hall–Kier alpha value is -4.59. The largest absolute Gasteiger partial charge is 0.858 e. The van der Waals surface area contributed by atoms with Gasteiger partial charge in [-0.2, -0.15) is 9.67 Å². The second-order valence-electron chi connectivity index (χ2n) is 9.05. The molecule has 2 aromatic heterocycles. The molecule has 2 aromatic carbocycles. The fraction of sp³-hybridized carbons (Fsp3) is 0.172. The summed E-state index contributed by atoms with van der Waals surface area (Å²) in [5, 5.41) is 18.3. The molecule has 186 valence electrons. The lowest BCUT2D eigenvalue weighted by Crippen LogP contribution is -2.39. The number of amides is 2. The highest BCUT2D eigenvalue weighted by atomic mass is 19.1. The molecule has 4 aromatic rings. The first-order valence-electron chi connectivity index (χ1n) is 12.0. The van der Waals surface area contributed by atoms with Crippen molar-refractivity contribution in [1.29, 1.82) is 0 Å². The number of benzene rings is 2. The molecule has 0 saturated heterocycles. The maximum absolute atomic E-state index is 14.0. The number of hydrogen-bond acceptors (Lipinski definition) is 4. The maximum atomic E-state index is 14.0. The van der Waals surface area contributed by atoms with Crippen LogP contribution in [0.2, 0.25) is 0 Å². The van der Waals surface area contributed by atoms with Gasteiger partial charge < -0.3 is 5.11 Å². The minimum Gasteiger partial charge on any atom is -0.858 e. The van der Waals surface area contributed by atoms with Crippen LogP contribution in [0.3, 0.4) is 0 Å². The third-order valence-electron chi connectivity index (χ3n) is 6.33. The van der Waals surface area contributed by atoms with E-state index in [0.29, 0.717) is 29.9 Å². The topological polar surface area (TPSA) is 82.1 Å². The summed E-state index contributed by atoms with van der Waals surface area (Å²) in [5.74, 6) is -2.11. The van der Waals surface area contributed by atoms with E-state index in [4.69, 9.17) is 0 Å². The van der Waals surface area contributed by atoms with Crippen molar-refractivity contribution in [1.82, 2.24) is 9.78 Å². The van der Waals surface area contributed by atoms with E-state index in [1.165, 1.54) is 24.3 Å². The summed E-state index contributed by atoms with van der Waals surface area (Å²) in [7, 11) is 0. The molecule has 0 saturated carbocycles. The van der Waals surface area contributed by atoms with Gasteiger partial charge in [0.15, 0.2) is 12.4 Å². The predicted molar refractivity (Wildman–Crippen MR) is 135 cm³/mol. The lowest BCUT2D eigenvalue weighted by atomic mass is 10.0. The van der Waals surface area contributed by atoms with Gasteiger partial charge in [0.05, 0.1) is 17.1 Å². The van der Waals surface area contributed by atoms with Crippen LogP contribution < -0.4 is 14.6 Å². The zero-order valence-corrected chi connectivity index (χ0v) is 20.7. The Balaban J connectivity index is 1.76. The van der Waals surface area contributed by atoms with Crippen molar-refractivity contribution in [3.05, 3.63) is 101 Å². The smallest absolute Gasteiger partial charge is 0.331 e. The fourth-order valence-corrected chi connectivity index (χ4v) is 4.43. The molecule has 0 atom stereocenters. The highest BCUT2D eigenvalue weighted by Gasteiger charge is 2.47. The molecule has 0 spiro atoms. The Morgan fingerprint density at radius 2 is 1.46 bits per heavy atom. The number of aryl methyl sites for hydroxylation is 3. The summed E-state index contributed by atoms with van der Waals surface area (Å²) in [6.07, 6.45) is 4.47. The van der Waals surface area contributed by atoms with Crippen molar-refractivity contribution in [3.8, 4) is 11.6 Å². The van der Waals surface area contributed by atoms with E-state index in [-0.39, 0.29) is 16.8 Å². The first-order chi connectivity index (χ1) is 17.8. The zero-order chi connectivity index (χ0) is 26.3. The Morgan fingerprint density at radius 1 is 0.865 bits per heavy atom. The van der Waals surface area contributed by atoms with Gasteiger partial charge in [-0.1, -0.05) is 31.0 Å². The zero-order valence-electron chi connectivity index (χ0n) is 20.7. The van der Waals surface area contributed by atoms with Crippen LogP contribution in [0, 0.1) is 19.7 Å². The second kappa shape index (κ2) is 9.46. The molecule has 7 nitrogen and oxygen atoms in total. The molecule has 2 amide bonds. The van der Waals surface area contributed by atoms with Crippen molar-refractivity contribution in [3.63, 3.8) is 0 Å². The minimum absolute atomic E-state index is 0.00115. The van der Waals surface area contributed by atoms with Crippen molar-refractivity contribution >= 4 is 28.8 Å². The van der Waals surface area contributed by atoms with Gasteiger partial charge in [-0.25, -0.2) is 14.0 Å². The van der Waals surface area contributed by atoms with Crippen LogP contribution in [0.1, 0.15) is 35.7 Å². The van der Waals surface area contributed by atoms with Gasteiger partial charge in [-0.15, -0.1) is 0 Å². The van der Waals surface area contributed by atoms with Crippen LogP contribution in [0.15, 0.2) is 73.1 Å². The molecule has 0 unspecified atom stereocenters. The van der Waals surface area contributed by atoms with E-state index in [1.54, 1.807) is 29.1 Å². The molecule has 3 heterocycles. The van der Waals surface area contributed by atoms with Crippen LogP contribution in [0.4, 0.5) is 10.1 Å². The molecule has 0 radical (unpaired) electrons. The average molecular weight is 497 g/mol. The Labute approximate surface area is 213 Å². The third kappa shape index (κ3) is 4.20. The van der Waals surface area contributed by atoms with Crippen LogP contribution in [0.25, 0.3) is 17.0 Å². The molecule has 0 N–H and O–H groups in total. The van der Waals surface area contributed by atoms with E-state index in [0.717, 1.165) is 20.7 Å². The lowest BCUT2D eigenvalue weighted by Gasteiger charge is -2.16. The monoisotopic (exact) mass is 496 g/mol. The number of imide groups is 1. The van der Waals surface area contributed by atoms with Crippen LogP contribution in [-0.2, 0) is 16.0 Å². The molecule has 8 heteroatoms. The quantitative estimate of drug-likeness (QED) is 0.300. The molecule has 37 heavy (non-hydrogen) atoms. The summed E-state index contributed by atoms with van der Waals surface area (Å²) < 4.78 is 16.3. The van der Waals surface area contributed by atoms with Gasteiger partial charge in [0.2, 0.25) is 0 Å². The number of hydrogen-bond donors (Lipinski definition) is 0. The molecule has 5 rings (SSSR count). The van der Waals surface area contributed by atoms with Gasteiger partial charge in [0, 0.05) is 17.7 Å². The normalized spacial score (nSPS) is 13.7. The summed E-state index contributed by atoms with van der Waals surface area (Å²) in [6.45, 7) is 5.77. The number of carbonyl (C=O) groups is 2. The van der Waals surface area contributed by atoms with Crippen molar-refractivity contribution in [2.75, 3.05) is 4.90 Å². The molecule has 1 aliphatic rings. The Kier molecular flexibility index (Phi) is 6.17. The molecule has 1 aliphatic heterocycles. The maximum Gasteiger partial charge on any atom is 0.331 e. The molecule has 0 aliphatic carbocycles. The number of rotatable bonds is 6. The number of anilines is 1.